The Labute approximate surface area is 115 Å². The number of halogens is 1. The number of nitrogens with zero attached hydrogens (tertiary/aromatic N) is 3. The van der Waals surface area contributed by atoms with Crippen LogP contribution in [-0.4, -0.2) is 29.2 Å². The largest absolute Gasteiger partial charge is 0.467 e. The van der Waals surface area contributed by atoms with E-state index in [1.165, 1.54) is 7.11 Å². The zero-order valence-electron chi connectivity index (χ0n) is 10.6. The van der Waals surface area contributed by atoms with E-state index in [-0.39, 0.29) is 11.3 Å². The molecule has 2 rings (SSSR count). The van der Waals surface area contributed by atoms with Gasteiger partial charge in [-0.2, -0.15) is 15.0 Å². The summed E-state index contributed by atoms with van der Waals surface area (Å²) in [5.41, 5.74) is 1.83. The Morgan fingerprint density at radius 3 is 2.68 bits per heavy atom. The van der Waals surface area contributed by atoms with Gasteiger partial charge in [0, 0.05) is 18.4 Å². The summed E-state index contributed by atoms with van der Waals surface area (Å²) >= 11 is 5.79. The van der Waals surface area contributed by atoms with Crippen LogP contribution >= 0.6 is 11.6 Å². The van der Waals surface area contributed by atoms with E-state index in [9.17, 15) is 0 Å². The van der Waals surface area contributed by atoms with Crippen LogP contribution in [-0.2, 0) is 11.3 Å². The Balaban J connectivity index is 2.28. The monoisotopic (exact) mass is 280 g/mol. The van der Waals surface area contributed by atoms with Crippen molar-refractivity contribution in [3.05, 3.63) is 35.1 Å². The second-order valence-electron chi connectivity index (χ2n) is 3.63. The maximum Gasteiger partial charge on any atom is 0.322 e. The first-order chi connectivity index (χ1) is 9.22. The zero-order chi connectivity index (χ0) is 13.7. The molecule has 1 N–H and O–H groups in total. The lowest BCUT2D eigenvalue weighted by atomic mass is 10.2. The number of hydrogen-bond acceptors (Lipinski definition) is 6. The van der Waals surface area contributed by atoms with Crippen molar-refractivity contribution >= 4 is 23.2 Å². The Kier molecular flexibility index (Phi) is 4.48. The minimum absolute atomic E-state index is 0.0681. The molecule has 0 radical (unpaired) electrons. The fourth-order valence-electron chi connectivity index (χ4n) is 1.52. The highest BCUT2D eigenvalue weighted by molar-refractivity contribution is 6.28. The van der Waals surface area contributed by atoms with Crippen LogP contribution in [0.3, 0.4) is 0 Å². The van der Waals surface area contributed by atoms with E-state index in [0.29, 0.717) is 12.6 Å². The average Bonchev–Trinajstić information content (AvgIpc) is 2.40. The van der Waals surface area contributed by atoms with Gasteiger partial charge in [0.25, 0.3) is 0 Å². The Morgan fingerprint density at radius 2 is 1.95 bits per heavy atom. The van der Waals surface area contributed by atoms with Gasteiger partial charge in [-0.3, -0.25) is 0 Å². The van der Waals surface area contributed by atoms with Crippen molar-refractivity contribution in [2.45, 2.75) is 6.61 Å². The van der Waals surface area contributed by atoms with Gasteiger partial charge in [-0.1, -0.05) is 18.2 Å². The molecule has 0 amide bonds. The molecule has 0 bridgehead atoms. The molecule has 0 unspecified atom stereocenters. The fourth-order valence-corrected chi connectivity index (χ4v) is 1.68. The fraction of sp³-hybridized carbons (Fsp3) is 0.250. The summed E-state index contributed by atoms with van der Waals surface area (Å²) < 4.78 is 10.1. The van der Waals surface area contributed by atoms with Gasteiger partial charge < -0.3 is 14.8 Å². The first kappa shape index (κ1) is 13.5. The smallest absolute Gasteiger partial charge is 0.322 e. The molecule has 0 aliphatic rings. The molecule has 0 spiro atoms. The second-order valence-corrected chi connectivity index (χ2v) is 3.97. The molecular weight excluding hydrogens is 268 g/mol. The van der Waals surface area contributed by atoms with Gasteiger partial charge in [-0.25, -0.2) is 0 Å². The lowest BCUT2D eigenvalue weighted by molar-refractivity contribution is 0.185. The summed E-state index contributed by atoms with van der Waals surface area (Å²) in [7, 11) is 3.11. The van der Waals surface area contributed by atoms with Crippen LogP contribution < -0.4 is 10.1 Å². The van der Waals surface area contributed by atoms with Crippen LogP contribution in [0.15, 0.2) is 24.3 Å². The molecular formula is C12H13ClN4O2. The third-order valence-electron chi connectivity index (χ3n) is 2.33. The number of methoxy groups -OCH3 is 2. The van der Waals surface area contributed by atoms with Crippen molar-refractivity contribution in [1.82, 2.24) is 15.0 Å². The third kappa shape index (κ3) is 3.52. The first-order valence-corrected chi connectivity index (χ1v) is 5.90. The molecule has 7 heteroatoms. The average molecular weight is 281 g/mol. The molecule has 0 aliphatic carbocycles. The maximum absolute atomic E-state index is 5.79. The van der Waals surface area contributed by atoms with Crippen LogP contribution in [0, 0.1) is 0 Å². The lowest BCUT2D eigenvalue weighted by Crippen LogP contribution is -2.03. The molecule has 100 valence electrons. The molecule has 2 aromatic rings. The summed E-state index contributed by atoms with van der Waals surface area (Å²) in [5, 5.41) is 3.13. The van der Waals surface area contributed by atoms with Crippen LogP contribution in [0.5, 0.6) is 6.01 Å². The summed E-state index contributed by atoms with van der Waals surface area (Å²) in [6, 6.07) is 7.85. The molecule has 19 heavy (non-hydrogen) atoms. The maximum atomic E-state index is 5.79. The predicted molar refractivity (Wildman–Crippen MR) is 71.8 cm³/mol. The van der Waals surface area contributed by atoms with Crippen LogP contribution in [0.1, 0.15) is 5.56 Å². The Morgan fingerprint density at radius 1 is 1.16 bits per heavy atom. The summed E-state index contributed by atoms with van der Waals surface area (Å²) in [6.45, 7) is 0.485. The van der Waals surface area contributed by atoms with Crippen molar-refractivity contribution in [2.75, 3.05) is 19.5 Å². The molecule has 1 aromatic carbocycles. The number of hydrogen-bond donors (Lipinski definition) is 1. The topological polar surface area (TPSA) is 69.2 Å². The molecule has 0 atom stereocenters. The Bertz CT molecular complexity index is 565. The number of nitrogens with one attached hydrogen (secondary N) is 1. The molecule has 0 saturated carbocycles. The highest BCUT2D eigenvalue weighted by atomic mass is 35.5. The molecule has 0 fully saturated rings. The van der Waals surface area contributed by atoms with Gasteiger partial charge in [-0.05, 0) is 17.7 Å². The summed E-state index contributed by atoms with van der Waals surface area (Å²) in [5.74, 6) is 0.320. The predicted octanol–water partition coefficient (Wildman–Crippen LogP) is 2.42. The van der Waals surface area contributed by atoms with Gasteiger partial charge in [0.15, 0.2) is 0 Å². The van der Waals surface area contributed by atoms with E-state index < -0.39 is 0 Å². The van der Waals surface area contributed by atoms with Gasteiger partial charge in [-0.15, -0.1) is 0 Å². The number of ether oxygens (including phenoxy) is 2. The minimum atomic E-state index is 0.0681. The SMILES string of the molecule is COCc1ccccc1Nc1nc(Cl)nc(OC)n1. The highest BCUT2D eigenvalue weighted by Gasteiger charge is 2.07. The summed E-state index contributed by atoms with van der Waals surface area (Å²) in [6.07, 6.45) is 0. The molecule has 6 nitrogen and oxygen atoms in total. The van der Waals surface area contributed by atoms with Crippen molar-refractivity contribution in [1.29, 1.82) is 0 Å². The van der Waals surface area contributed by atoms with E-state index in [1.54, 1.807) is 7.11 Å². The van der Waals surface area contributed by atoms with E-state index in [0.717, 1.165) is 11.3 Å². The first-order valence-electron chi connectivity index (χ1n) is 5.52. The van der Waals surface area contributed by atoms with Crippen molar-refractivity contribution in [2.24, 2.45) is 0 Å². The van der Waals surface area contributed by atoms with Gasteiger partial charge in [0.2, 0.25) is 11.2 Å². The van der Waals surface area contributed by atoms with Crippen molar-refractivity contribution in [3.63, 3.8) is 0 Å². The number of aromatic nitrogens is 3. The number of anilines is 2. The zero-order valence-corrected chi connectivity index (χ0v) is 11.3. The molecule has 0 aliphatic heterocycles. The Hall–Kier alpha value is -1.92. The number of rotatable bonds is 5. The molecule has 1 heterocycles. The van der Waals surface area contributed by atoms with Gasteiger partial charge >= 0.3 is 6.01 Å². The van der Waals surface area contributed by atoms with E-state index in [4.69, 9.17) is 21.1 Å². The third-order valence-corrected chi connectivity index (χ3v) is 2.50. The minimum Gasteiger partial charge on any atom is -0.467 e. The number of benzene rings is 1. The standard InChI is InChI=1S/C12H13ClN4O2/c1-18-7-8-5-3-4-6-9(8)14-11-15-10(13)16-12(17-11)19-2/h3-6H,7H2,1-2H3,(H,14,15,16,17). The molecule has 0 saturated heterocycles. The molecule has 1 aromatic heterocycles. The summed E-state index contributed by atoms with van der Waals surface area (Å²) in [4.78, 5) is 11.9. The van der Waals surface area contributed by atoms with E-state index in [1.807, 2.05) is 24.3 Å². The van der Waals surface area contributed by atoms with Crippen LogP contribution in [0.2, 0.25) is 5.28 Å². The quantitative estimate of drug-likeness (QED) is 0.907. The normalized spacial score (nSPS) is 10.3. The van der Waals surface area contributed by atoms with E-state index in [2.05, 4.69) is 20.3 Å². The van der Waals surface area contributed by atoms with Gasteiger partial charge in [0.1, 0.15) is 0 Å². The second kappa shape index (κ2) is 6.31. The number of para-hydroxylation sites is 1. The van der Waals surface area contributed by atoms with Crippen molar-refractivity contribution < 1.29 is 9.47 Å². The van der Waals surface area contributed by atoms with Crippen LogP contribution in [0.4, 0.5) is 11.6 Å². The van der Waals surface area contributed by atoms with Crippen molar-refractivity contribution in [3.8, 4) is 6.01 Å². The van der Waals surface area contributed by atoms with Crippen LogP contribution in [0.25, 0.3) is 0 Å². The lowest BCUT2D eigenvalue weighted by Gasteiger charge is -2.10. The van der Waals surface area contributed by atoms with E-state index >= 15 is 0 Å². The van der Waals surface area contributed by atoms with Gasteiger partial charge in [0.05, 0.1) is 13.7 Å². The highest BCUT2D eigenvalue weighted by Crippen LogP contribution is 2.20.